The summed E-state index contributed by atoms with van der Waals surface area (Å²) in [6, 6.07) is 5.90. The van der Waals surface area contributed by atoms with Crippen molar-refractivity contribution < 1.29 is 14.3 Å². The van der Waals surface area contributed by atoms with Gasteiger partial charge in [-0.2, -0.15) is 0 Å². The number of rotatable bonds is 3. The Morgan fingerprint density at radius 3 is 3.05 bits per heavy atom. The SMILES string of the molecule is COc1ccc2c(c1)CCCN2C(=O)C1CCC(CN)O1. The second-order valence-electron chi connectivity index (χ2n) is 5.65. The summed E-state index contributed by atoms with van der Waals surface area (Å²) in [4.78, 5) is 14.6. The minimum absolute atomic E-state index is 0.0269. The molecule has 2 aliphatic rings. The molecule has 1 fully saturated rings. The first-order valence-corrected chi connectivity index (χ1v) is 7.56. The van der Waals surface area contributed by atoms with Crippen molar-refractivity contribution in [1.82, 2.24) is 0 Å². The quantitative estimate of drug-likeness (QED) is 0.916. The number of aryl methyl sites for hydroxylation is 1. The van der Waals surface area contributed by atoms with Gasteiger partial charge in [-0.1, -0.05) is 0 Å². The third kappa shape index (κ3) is 2.76. The third-order valence-corrected chi connectivity index (χ3v) is 4.32. The Balaban J connectivity index is 1.80. The van der Waals surface area contributed by atoms with Crippen LogP contribution in [-0.2, 0) is 16.0 Å². The summed E-state index contributed by atoms with van der Waals surface area (Å²) in [6.45, 7) is 1.24. The van der Waals surface area contributed by atoms with Crippen molar-refractivity contribution in [3.63, 3.8) is 0 Å². The fraction of sp³-hybridized carbons (Fsp3) is 0.562. The molecule has 2 N–H and O–H groups in total. The molecule has 2 heterocycles. The lowest BCUT2D eigenvalue weighted by Crippen LogP contribution is -2.42. The second kappa shape index (κ2) is 6.03. The number of carbonyl (C=O) groups is 1. The highest BCUT2D eigenvalue weighted by Crippen LogP contribution is 2.32. The molecule has 1 amide bonds. The zero-order valence-electron chi connectivity index (χ0n) is 12.4. The molecule has 0 aromatic heterocycles. The first kappa shape index (κ1) is 14.4. The van der Waals surface area contributed by atoms with Gasteiger partial charge in [0.1, 0.15) is 11.9 Å². The molecular formula is C16H22N2O3. The van der Waals surface area contributed by atoms with Gasteiger partial charge in [-0.15, -0.1) is 0 Å². The zero-order valence-corrected chi connectivity index (χ0v) is 12.4. The topological polar surface area (TPSA) is 64.8 Å². The molecule has 1 saturated heterocycles. The lowest BCUT2D eigenvalue weighted by atomic mass is 10.0. The standard InChI is InChI=1S/C16H22N2O3/c1-20-12-4-6-14-11(9-12)3-2-8-18(14)16(19)15-7-5-13(10-17)21-15/h4,6,9,13,15H,2-3,5,7-8,10,17H2,1H3. The molecule has 2 unspecified atom stereocenters. The van der Waals surface area contributed by atoms with Gasteiger partial charge < -0.3 is 20.1 Å². The van der Waals surface area contributed by atoms with Gasteiger partial charge in [-0.25, -0.2) is 0 Å². The molecule has 1 aromatic carbocycles. The number of anilines is 1. The lowest BCUT2D eigenvalue weighted by molar-refractivity contribution is -0.129. The average Bonchev–Trinajstić information content (AvgIpc) is 3.02. The number of hydrogen-bond acceptors (Lipinski definition) is 4. The number of nitrogens with zero attached hydrogens (tertiary/aromatic N) is 1. The van der Waals surface area contributed by atoms with Gasteiger partial charge in [0.05, 0.1) is 13.2 Å². The average molecular weight is 290 g/mol. The normalized spacial score (nSPS) is 24.8. The van der Waals surface area contributed by atoms with Gasteiger partial charge in [0.25, 0.3) is 5.91 Å². The van der Waals surface area contributed by atoms with Gasteiger partial charge >= 0.3 is 0 Å². The van der Waals surface area contributed by atoms with E-state index in [0.717, 1.165) is 43.7 Å². The fourth-order valence-corrected chi connectivity index (χ4v) is 3.16. The van der Waals surface area contributed by atoms with Crippen molar-refractivity contribution in [3.8, 4) is 5.75 Å². The van der Waals surface area contributed by atoms with Gasteiger partial charge in [0.2, 0.25) is 0 Å². The maximum Gasteiger partial charge on any atom is 0.256 e. The summed E-state index contributed by atoms with van der Waals surface area (Å²) < 4.78 is 11.0. The number of ether oxygens (including phenoxy) is 2. The Morgan fingerprint density at radius 1 is 1.48 bits per heavy atom. The van der Waals surface area contributed by atoms with E-state index in [1.807, 2.05) is 23.1 Å². The number of hydrogen-bond donors (Lipinski definition) is 1. The van der Waals surface area contributed by atoms with Crippen LogP contribution in [0.5, 0.6) is 5.75 Å². The molecule has 0 radical (unpaired) electrons. The van der Waals surface area contributed by atoms with Crippen molar-refractivity contribution in [2.24, 2.45) is 5.73 Å². The molecule has 0 spiro atoms. The molecule has 1 aromatic rings. The third-order valence-electron chi connectivity index (χ3n) is 4.32. The number of benzene rings is 1. The number of nitrogens with two attached hydrogens (primary N) is 1. The monoisotopic (exact) mass is 290 g/mol. The van der Waals surface area contributed by atoms with E-state index in [9.17, 15) is 4.79 Å². The molecule has 114 valence electrons. The largest absolute Gasteiger partial charge is 0.497 e. The lowest BCUT2D eigenvalue weighted by Gasteiger charge is -2.31. The molecule has 5 nitrogen and oxygen atoms in total. The van der Waals surface area contributed by atoms with Crippen LogP contribution in [0.15, 0.2) is 18.2 Å². The van der Waals surface area contributed by atoms with E-state index in [1.54, 1.807) is 7.11 Å². The molecule has 0 aliphatic carbocycles. The van der Waals surface area contributed by atoms with Crippen LogP contribution in [0.1, 0.15) is 24.8 Å². The molecule has 5 heteroatoms. The van der Waals surface area contributed by atoms with Crippen LogP contribution in [0, 0.1) is 0 Å². The van der Waals surface area contributed by atoms with Crippen molar-refractivity contribution in [2.45, 2.75) is 37.9 Å². The molecular weight excluding hydrogens is 268 g/mol. The highest BCUT2D eigenvalue weighted by molar-refractivity contribution is 5.97. The first-order chi connectivity index (χ1) is 10.2. The summed E-state index contributed by atoms with van der Waals surface area (Å²) in [6.07, 6.45) is 3.27. The molecule has 0 saturated carbocycles. The van der Waals surface area contributed by atoms with Crippen LogP contribution in [0.3, 0.4) is 0 Å². The Hall–Kier alpha value is -1.59. The van der Waals surface area contributed by atoms with Crippen LogP contribution in [0.4, 0.5) is 5.69 Å². The minimum atomic E-state index is -0.341. The molecule has 2 atom stereocenters. The van der Waals surface area contributed by atoms with Crippen molar-refractivity contribution in [2.75, 3.05) is 25.1 Å². The predicted molar refractivity (Wildman–Crippen MR) is 80.6 cm³/mol. The first-order valence-electron chi connectivity index (χ1n) is 7.56. The summed E-state index contributed by atoms with van der Waals surface area (Å²) in [5.41, 5.74) is 7.78. The predicted octanol–water partition coefficient (Wildman–Crippen LogP) is 1.48. The van der Waals surface area contributed by atoms with E-state index in [2.05, 4.69) is 0 Å². The maximum absolute atomic E-state index is 12.7. The number of carbonyl (C=O) groups excluding carboxylic acids is 1. The summed E-state index contributed by atoms with van der Waals surface area (Å²) in [7, 11) is 1.66. The zero-order chi connectivity index (χ0) is 14.8. The van der Waals surface area contributed by atoms with Crippen LogP contribution < -0.4 is 15.4 Å². The fourth-order valence-electron chi connectivity index (χ4n) is 3.16. The van der Waals surface area contributed by atoms with Crippen LogP contribution in [-0.4, -0.2) is 38.3 Å². The van der Waals surface area contributed by atoms with Crippen molar-refractivity contribution >= 4 is 11.6 Å². The van der Waals surface area contributed by atoms with E-state index in [0.29, 0.717) is 6.54 Å². The van der Waals surface area contributed by atoms with Crippen molar-refractivity contribution in [1.29, 1.82) is 0 Å². The Morgan fingerprint density at radius 2 is 2.33 bits per heavy atom. The number of methoxy groups -OCH3 is 1. The molecule has 3 rings (SSSR count). The van der Waals surface area contributed by atoms with Crippen LogP contribution in [0.2, 0.25) is 0 Å². The van der Waals surface area contributed by atoms with Gasteiger partial charge in [-0.05, 0) is 49.4 Å². The number of amides is 1. The van der Waals surface area contributed by atoms with E-state index in [1.165, 1.54) is 5.56 Å². The Bertz CT molecular complexity index is 532. The summed E-state index contributed by atoms with van der Waals surface area (Å²) in [5, 5.41) is 0. The van der Waals surface area contributed by atoms with E-state index < -0.39 is 0 Å². The van der Waals surface area contributed by atoms with Crippen molar-refractivity contribution in [3.05, 3.63) is 23.8 Å². The maximum atomic E-state index is 12.7. The minimum Gasteiger partial charge on any atom is -0.497 e. The van der Waals surface area contributed by atoms with Crippen LogP contribution in [0.25, 0.3) is 0 Å². The smallest absolute Gasteiger partial charge is 0.256 e. The number of fused-ring (bicyclic) bond motifs is 1. The van der Waals surface area contributed by atoms with E-state index in [4.69, 9.17) is 15.2 Å². The highest BCUT2D eigenvalue weighted by Gasteiger charge is 2.34. The highest BCUT2D eigenvalue weighted by atomic mass is 16.5. The van der Waals surface area contributed by atoms with E-state index in [-0.39, 0.29) is 18.1 Å². The van der Waals surface area contributed by atoms with Crippen LogP contribution >= 0.6 is 0 Å². The Kier molecular flexibility index (Phi) is 4.12. The van der Waals surface area contributed by atoms with E-state index >= 15 is 0 Å². The molecule has 0 bridgehead atoms. The van der Waals surface area contributed by atoms with Gasteiger partial charge in [0.15, 0.2) is 0 Å². The summed E-state index contributed by atoms with van der Waals surface area (Å²) in [5.74, 6) is 0.903. The van der Waals surface area contributed by atoms with Gasteiger partial charge in [-0.3, -0.25) is 4.79 Å². The Labute approximate surface area is 125 Å². The molecule has 2 aliphatic heterocycles. The molecule has 21 heavy (non-hydrogen) atoms. The van der Waals surface area contributed by atoms with Gasteiger partial charge in [0, 0.05) is 18.8 Å². The summed E-state index contributed by atoms with van der Waals surface area (Å²) >= 11 is 0. The second-order valence-corrected chi connectivity index (χ2v) is 5.65.